The Kier molecular flexibility index (Phi) is 11.9. The van der Waals surface area contributed by atoms with Crippen LogP contribution in [0, 0.1) is 5.92 Å². The fraction of sp³-hybridized carbons (Fsp3) is 0.257. The zero-order valence-corrected chi connectivity index (χ0v) is 26.3. The molecule has 3 aromatic carbocycles. The number of hydrogen-bond acceptors (Lipinski definition) is 7. The van der Waals surface area contributed by atoms with Crippen LogP contribution in [0.5, 0.6) is 0 Å². The van der Waals surface area contributed by atoms with Crippen molar-refractivity contribution >= 4 is 29.4 Å². The SMILES string of the molecule is CC(C)C(NC(=O)Cn1c(-c2ccccc2)ncc(NC(=O)OCc2ccccc2)c1=O)C(=O)C(F)(F)C(=O)NCCc1ccccc1. The molecule has 11 nitrogen and oxygen atoms in total. The van der Waals surface area contributed by atoms with E-state index in [1.54, 1.807) is 91.0 Å². The Morgan fingerprint density at radius 1 is 0.875 bits per heavy atom. The van der Waals surface area contributed by atoms with Gasteiger partial charge in [0.05, 0.1) is 12.2 Å². The highest BCUT2D eigenvalue weighted by Crippen LogP contribution is 2.21. The molecule has 1 atom stereocenters. The molecule has 48 heavy (non-hydrogen) atoms. The first kappa shape index (κ1) is 35.1. The van der Waals surface area contributed by atoms with Crippen LogP contribution < -0.4 is 21.5 Å². The number of rotatable bonds is 14. The highest BCUT2D eigenvalue weighted by molar-refractivity contribution is 6.10. The van der Waals surface area contributed by atoms with E-state index in [-0.39, 0.29) is 31.1 Å². The van der Waals surface area contributed by atoms with E-state index in [9.17, 15) is 24.0 Å². The first-order valence-electron chi connectivity index (χ1n) is 15.1. The number of nitrogens with one attached hydrogen (secondary N) is 3. The molecular formula is C35H35F2N5O6. The molecule has 1 aromatic heterocycles. The van der Waals surface area contributed by atoms with Gasteiger partial charge in [-0.25, -0.2) is 9.78 Å². The fourth-order valence-corrected chi connectivity index (χ4v) is 4.69. The van der Waals surface area contributed by atoms with Gasteiger partial charge in [0.15, 0.2) is 0 Å². The summed E-state index contributed by atoms with van der Waals surface area (Å²) in [6, 6.07) is 24.3. The fourth-order valence-electron chi connectivity index (χ4n) is 4.69. The maximum absolute atomic E-state index is 15.1. The number of alkyl halides is 2. The van der Waals surface area contributed by atoms with Crippen molar-refractivity contribution in [3.8, 4) is 11.4 Å². The maximum Gasteiger partial charge on any atom is 0.412 e. The summed E-state index contributed by atoms with van der Waals surface area (Å²) in [6.07, 6.45) is 0.433. The van der Waals surface area contributed by atoms with Crippen LogP contribution in [0.2, 0.25) is 0 Å². The summed E-state index contributed by atoms with van der Waals surface area (Å²) in [5.41, 5.74) is 0.809. The Hall–Kier alpha value is -5.72. The van der Waals surface area contributed by atoms with Crippen LogP contribution in [0.15, 0.2) is 102 Å². The number of anilines is 1. The molecule has 0 aliphatic heterocycles. The lowest BCUT2D eigenvalue weighted by molar-refractivity contribution is -0.161. The van der Waals surface area contributed by atoms with Gasteiger partial charge in [-0.2, -0.15) is 8.78 Å². The summed E-state index contributed by atoms with van der Waals surface area (Å²) in [6.45, 7) is 1.91. The minimum absolute atomic E-state index is 0.0366. The molecule has 4 aromatic rings. The minimum Gasteiger partial charge on any atom is -0.444 e. The zero-order chi connectivity index (χ0) is 34.7. The van der Waals surface area contributed by atoms with Gasteiger partial charge < -0.3 is 15.4 Å². The van der Waals surface area contributed by atoms with Crippen LogP contribution >= 0.6 is 0 Å². The second kappa shape index (κ2) is 16.2. The van der Waals surface area contributed by atoms with E-state index in [2.05, 4.69) is 20.9 Å². The van der Waals surface area contributed by atoms with Crippen molar-refractivity contribution in [1.29, 1.82) is 0 Å². The predicted octanol–water partition coefficient (Wildman–Crippen LogP) is 4.36. The van der Waals surface area contributed by atoms with Gasteiger partial charge in [-0.1, -0.05) is 105 Å². The second-order valence-electron chi connectivity index (χ2n) is 11.2. The van der Waals surface area contributed by atoms with E-state index >= 15 is 8.78 Å². The first-order chi connectivity index (χ1) is 23.0. The Morgan fingerprint density at radius 2 is 1.46 bits per heavy atom. The number of hydrogen-bond donors (Lipinski definition) is 3. The molecule has 0 saturated carbocycles. The topological polar surface area (TPSA) is 148 Å². The van der Waals surface area contributed by atoms with Crippen LogP contribution in [0.1, 0.15) is 25.0 Å². The van der Waals surface area contributed by atoms with Gasteiger partial charge in [0.25, 0.3) is 11.5 Å². The molecule has 1 heterocycles. The molecule has 0 aliphatic rings. The molecule has 0 bridgehead atoms. The summed E-state index contributed by atoms with van der Waals surface area (Å²) in [7, 11) is 0. The molecule has 1 unspecified atom stereocenters. The van der Waals surface area contributed by atoms with E-state index in [0.717, 1.165) is 16.3 Å². The van der Waals surface area contributed by atoms with Crippen molar-refractivity contribution in [3.05, 3.63) is 119 Å². The van der Waals surface area contributed by atoms with E-state index in [1.807, 2.05) is 0 Å². The Morgan fingerprint density at radius 3 is 2.06 bits per heavy atom. The van der Waals surface area contributed by atoms with Crippen molar-refractivity contribution < 1.29 is 32.7 Å². The molecule has 4 rings (SSSR count). The number of amides is 3. The lowest BCUT2D eigenvalue weighted by Crippen LogP contribution is -2.57. The number of carbonyl (C=O) groups excluding carboxylic acids is 4. The molecular weight excluding hydrogens is 624 g/mol. The van der Waals surface area contributed by atoms with Gasteiger partial charge in [-0.3, -0.25) is 29.1 Å². The molecule has 3 N–H and O–H groups in total. The van der Waals surface area contributed by atoms with Gasteiger partial charge in [0, 0.05) is 12.1 Å². The largest absolute Gasteiger partial charge is 0.444 e. The summed E-state index contributed by atoms with van der Waals surface area (Å²) < 4.78 is 36.3. The van der Waals surface area contributed by atoms with E-state index in [4.69, 9.17) is 4.74 Å². The molecule has 250 valence electrons. The van der Waals surface area contributed by atoms with Gasteiger partial charge in [-0.15, -0.1) is 0 Å². The number of carbonyl (C=O) groups is 4. The van der Waals surface area contributed by atoms with Crippen molar-refractivity contribution in [2.75, 3.05) is 11.9 Å². The summed E-state index contributed by atoms with van der Waals surface area (Å²) >= 11 is 0. The van der Waals surface area contributed by atoms with Crippen LogP contribution in [-0.2, 0) is 38.7 Å². The Bertz CT molecular complexity index is 1780. The number of ether oxygens (including phenoxy) is 1. The molecule has 0 aliphatic carbocycles. The van der Waals surface area contributed by atoms with Crippen LogP contribution in [0.4, 0.5) is 19.3 Å². The lowest BCUT2D eigenvalue weighted by atomic mass is 9.95. The van der Waals surface area contributed by atoms with Gasteiger partial charge in [0.2, 0.25) is 11.7 Å². The van der Waals surface area contributed by atoms with Crippen LogP contribution in [0.3, 0.4) is 0 Å². The molecule has 0 radical (unpaired) electrons. The highest BCUT2D eigenvalue weighted by atomic mass is 19.3. The summed E-state index contributed by atoms with van der Waals surface area (Å²) in [4.78, 5) is 69.0. The number of Topliss-reactive ketones (excluding diaryl/α,β-unsaturated/α-hetero) is 1. The monoisotopic (exact) mass is 659 g/mol. The quantitative estimate of drug-likeness (QED) is 0.170. The van der Waals surface area contributed by atoms with Gasteiger partial charge >= 0.3 is 12.0 Å². The number of halogens is 2. The summed E-state index contributed by atoms with van der Waals surface area (Å²) in [5.74, 6) is -9.82. The number of ketones is 1. The zero-order valence-electron chi connectivity index (χ0n) is 26.3. The molecule has 0 saturated heterocycles. The standard InChI is InChI=1S/C35H35F2N5O6/c1-23(2)29(30(44)35(36,37)33(46)38-19-18-24-12-6-3-7-13-24)41-28(43)21-42-31(26-16-10-5-11-17-26)39-20-27(32(42)45)40-34(47)48-22-25-14-8-4-9-15-25/h3-17,20,23,29H,18-19,21-22H2,1-2H3,(H,38,46)(H,40,47)(H,41,43). The molecule has 13 heteroatoms. The second-order valence-corrected chi connectivity index (χ2v) is 11.2. The van der Waals surface area contributed by atoms with E-state index in [0.29, 0.717) is 11.1 Å². The highest BCUT2D eigenvalue weighted by Gasteiger charge is 2.51. The predicted molar refractivity (Wildman–Crippen MR) is 174 cm³/mol. The number of aromatic nitrogens is 2. The van der Waals surface area contributed by atoms with Crippen molar-refractivity contribution in [3.63, 3.8) is 0 Å². The van der Waals surface area contributed by atoms with Crippen molar-refractivity contribution in [2.24, 2.45) is 5.92 Å². The van der Waals surface area contributed by atoms with Crippen LogP contribution in [0.25, 0.3) is 11.4 Å². The smallest absolute Gasteiger partial charge is 0.412 e. The summed E-state index contributed by atoms with van der Waals surface area (Å²) in [5, 5.41) is 6.68. The third-order valence-corrected chi connectivity index (χ3v) is 7.23. The Labute approximate surface area is 275 Å². The molecule has 0 spiro atoms. The lowest BCUT2D eigenvalue weighted by Gasteiger charge is -2.25. The van der Waals surface area contributed by atoms with E-state index < -0.39 is 53.7 Å². The van der Waals surface area contributed by atoms with Crippen molar-refractivity contribution in [2.45, 2.75) is 45.4 Å². The molecule has 0 fully saturated rings. The number of benzene rings is 3. The molecule has 3 amide bonds. The average Bonchev–Trinajstić information content (AvgIpc) is 3.09. The van der Waals surface area contributed by atoms with E-state index in [1.165, 1.54) is 13.8 Å². The number of nitrogens with zero attached hydrogens (tertiary/aromatic N) is 2. The average molecular weight is 660 g/mol. The third kappa shape index (κ3) is 9.18. The van der Waals surface area contributed by atoms with Gasteiger partial charge in [0.1, 0.15) is 24.7 Å². The Balaban J connectivity index is 1.49. The minimum atomic E-state index is -4.45. The maximum atomic E-state index is 15.1. The normalized spacial score (nSPS) is 11.8. The first-order valence-corrected chi connectivity index (χ1v) is 15.1. The third-order valence-electron chi connectivity index (χ3n) is 7.23. The van der Waals surface area contributed by atoms with Crippen LogP contribution in [-0.4, -0.2) is 51.8 Å². The van der Waals surface area contributed by atoms with Gasteiger partial charge in [-0.05, 0) is 23.5 Å². The van der Waals surface area contributed by atoms with Crippen molar-refractivity contribution in [1.82, 2.24) is 20.2 Å².